The summed E-state index contributed by atoms with van der Waals surface area (Å²) in [5.41, 5.74) is 2.80. The second-order valence-corrected chi connectivity index (χ2v) is 8.72. The van der Waals surface area contributed by atoms with E-state index < -0.39 is 0 Å². The summed E-state index contributed by atoms with van der Waals surface area (Å²) < 4.78 is 11.0. The maximum Gasteiger partial charge on any atom is 0.127 e. The van der Waals surface area contributed by atoms with Crippen molar-refractivity contribution in [3.8, 4) is 11.5 Å². The predicted molar refractivity (Wildman–Crippen MR) is 116 cm³/mol. The lowest BCUT2D eigenvalue weighted by atomic mass is 9.81. The van der Waals surface area contributed by atoms with Crippen LogP contribution in [-0.4, -0.2) is 46.4 Å². The third-order valence-electron chi connectivity index (χ3n) is 7.10. The zero-order valence-electron chi connectivity index (χ0n) is 18.0. The molecule has 0 bridgehead atoms. The molecule has 2 N–H and O–H groups in total. The molecule has 0 radical (unpaired) electrons. The number of hydrogen-bond donors (Lipinski definition) is 2. The molecule has 1 heterocycles. The van der Waals surface area contributed by atoms with Crippen molar-refractivity contribution in [2.45, 2.75) is 44.2 Å². The first-order valence-corrected chi connectivity index (χ1v) is 11.2. The van der Waals surface area contributed by atoms with E-state index >= 15 is 0 Å². The first-order chi connectivity index (χ1) is 14.3. The van der Waals surface area contributed by atoms with Gasteiger partial charge in [-0.25, -0.2) is 0 Å². The van der Waals surface area contributed by atoms with Gasteiger partial charge < -0.3 is 19.3 Å². The van der Waals surface area contributed by atoms with E-state index in [2.05, 4.69) is 36.4 Å². The van der Waals surface area contributed by atoms with Crippen molar-refractivity contribution in [3.05, 3.63) is 59.7 Å². The Morgan fingerprint density at radius 2 is 1.55 bits per heavy atom. The van der Waals surface area contributed by atoms with Crippen LogP contribution in [0, 0.1) is 0 Å². The molecule has 1 aliphatic heterocycles. The summed E-state index contributed by atoms with van der Waals surface area (Å²) in [6.07, 6.45) is 5.48. The first-order valence-electron chi connectivity index (χ1n) is 11.2. The average Bonchev–Trinajstić information content (AvgIpc) is 2.80. The van der Waals surface area contributed by atoms with E-state index in [1.165, 1.54) is 57.4 Å². The third-order valence-corrected chi connectivity index (χ3v) is 7.10. The Hall–Kier alpha value is -2.04. The van der Waals surface area contributed by atoms with Crippen molar-refractivity contribution in [2.75, 3.05) is 40.4 Å². The van der Waals surface area contributed by atoms with Gasteiger partial charge >= 0.3 is 0 Å². The minimum Gasteiger partial charge on any atom is -0.497 e. The van der Waals surface area contributed by atoms with Crippen LogP contribution in [0.25, 0.3) is 0 Å². The van der Waals surface area contributed by atoms with Gasteiger partial charge in [0.15, 0.2) is 0 Å². The summed E-state index contributed by atoms with van der Waals surface area (Å²) in [6, 6.07) is 18.1. The van der Waals surface area contributed by atoms with Crippen molar-refractivity contribution in [3.63, 3.8) is 0 Å². The molecular weight excluding hydrogens is 360 g/mol. The molecule has 1 saturated carbocycles. The Balaban J connectivity index is 1.27. The van der Waals surface area contributed by atoms with Crippen molar-refractivity contribution in [1.29, 1.82) is 0 Å². The molecule has 0 aromatic heterocycles. The monoisotopic (exact) mass is 396 g/mol. The number of benzene rings is 2. The van der Waals surface area contributed by atoms with E-state index in [0.717, 1.165) is 30.0 Å². The summed E-state index contributed by atoms with van der Waals surface area (Å²) >= 11 is 0. The highest BCUT2D eigenvalue weighted by atomic mass is 16.5. The van der Waals surface area contributed by atoms with Crippen molar-refractivity contribution >= 4 is 0 Å². The van der Waals surface area contributed by atoms with Crippen LogP contribution in [0.4, 0.5) is 0 Å². The molecule has 2 fully saturated rings. The van der Waals surface area contributed by atoms with Crippen molar-refractivity contribution < 1.29 is 19.3 Å². The fourth-order valence-corrected chi connectivity index (χ4v) is 5.36. The third kappa shape index (κ3) is 4.93. The number of quaternary nitrogens is 2. The van der Waals surface area contributed by atoms with Gasteiger partial charge in [0.1, 0.15) is 44.2 Å². The lowest BCUT2D eigenvalue weighted by Gasteiger charge is -2.38. The Labute approximate surface area is 175 Å². The summed E-state index contributed by atoms with van der Waals surface area (Å²) in [4.78, 5) is 3.51. The Morgan fingerprint density at radius 3 is 2.21 bits per heavy atom. The van der Waals surface area contributed by atoms with Crippen LogP contribution >= 0.6 is 0 Å². The summed E-state index contributed by atoms with van der Waals surface area (Å²) in [5, 5.41) is 0. The predicted octanol–water partition coefficient (Wildman–Crippen LogP) is 1.71. The van der Waals surface area contributed by atoms with Crippen LogP contribution in [0.5, 0.6) is 11.5 Å². The van der Waals surface area contributed by atoms with Gasteiger partial charge in [-0.1, -0.05) is 30.3 Å². The molecule has 1 aliphatic carbocycles. The zero-order valence-corrected chi connectivity index (χ0v) is 18.0. The molecule has 0 unspecified atom stereocenters. The molecule has 2 aromatic rings. The highest BCUT2D eigenvalue weighted by Crippen LogP contribution is 2.31. The lowest BCUT2D eigenvalue weighted by Crippen LogP contribution is -3.29. The number of hydrogen-bond acceptors (Lipinski definition) is 2. The summed E-state index contributed by atoms with van der Waals surface area (Å²) in [5.74, 6) is 2.67. The highest BCUT2D eigenvalue weighted by Gasteiger charge is 2.33. The normalized spacial score (nSPS) is 27.4. The SMILES string of the molecule is COc1ccc(OC)c(C[NH+]2CC[NH+](C3CCC(c4ccccc4)CC3)CC2)c1. The number of nitrogens with one attached hydrogen (secondary N) is 2. The molecule has 0 atom stereocenters. The number of methoxy groups -OCH3 is 2. The molecule has 4 nitrogen and oxygen atoms in total. The fourth-order valence-electron chi connectivity index (χ4n) is 5.36. The molecule has 0 amide bonds. The van der Waals surface area contributed by atoms with Gasteiger partial charge in [0.25, 0.3) is 0 Å². The molecule has 29 heavy (non-hydrogen) atoms. The van der Waals surface area contributed by atoms with Gasteiger partial charge in [-0.2, -0.15) is 0 Å². The molecular formula is C25H36N2O2+2. The van der Waals surface area contributed by atoms with E-state index in [1.54, 1.807) is 24.7 Å². The molecule has 1 saturated heterocycles. The number of piperazine rings is 1. The Kier molecular flexibility index (Phi) is 6.73. The topological polar surface area (TPSA) is 27.3 Å². The lowest BCUT2D eigenvalue weighted by molar-refractivity contribution is -1.03. The standard InChI is InChI=1S/C25H34N2O2/c1-28-24-12-13-25(29-2)22(18-24)19-26-14-16-27(17-15-26)23-10-8-21(9-11-23)20-6-4-3-5-7-20/h3-7,12-13,18,21,23H,8-11,14-17,19H2,1-2H3/p+2. The van der Waals surface area contributed by atoms with Gasteiger partial charge in [0.2, 0.25) is 0 Å². The van der Waals surface area contributed by atoms with E-state index in [0.29, 0.717) is 0 Å². The van der Waals surface area contributed by atoms with E-state index in [4.69, 9.17) is 9.47 Å². The molecule has 4 rings (SSSR count). The molecule has 2 aliphatic rings. The smallest absolute Gasteiger partial charge is 0.127 e. The second-order valence-electron chi connectivity index (χ2n) is 8.72. The quantitative estimate of drug-likeness (QED) is 0.778. The van der Waals surface area contributed by atoms with Gasteiger partial charge in [-0.3, -0.25) is 0 Å². The number of rotatable bonds is 6. The highest BCUT2D eigenvalue weighted by molar-refractivity contribution is 5.39. The van der Waals surface area contributed by atoms with Crippen LogP contribution < -0.4 is 19.3 Å². The van der Waals surface area contributed by atoms with Crippen LogP contribution in [0.1, 0.15) is 42.7 Å². The van der Waals surface area contributed by atoms with Crippen LogP contribution in [0.15, 0.2) is 48.5 Å². The van der Waals surface area contributed by atoms with E-state index in [1.807, 2.05) is 17.0 Å². The van der Waals surface area contributed by atoms with E-state index in [9.17, 15) is 0 Å². The largest absolute Gasteiger partial charge is 0.497 e. The van der Waals surface area contributed by atoms with Crippen molar-refractivity contribution in [2.24, 2.45) is 0 Å². The number of ether oxygens (including phenoxy) is 2. The minimum atomic E-state index is 0.777. The van der Waals surface area contributed by atoms with Gasteiger partial charge in [-0.15, -0.1) is 0 Å². The first kappa shape index (κ1) is 20.2. The summed E-state index contributed by atoms with van der Waals surface area (Å²) in [7, 11) is 3.49. The average molecular weight is 397 g/mol. The van der Waals surface area contributed by atoms with Gasteiger partial charge in [0, 0.05) is 0 Å². The molecule has 4 heteroatoms. The Bertz CT molecular complexity index is 764. The van der Waals surface area contributed by atoms with Gasteiger partial charge in [0.05, 0.1) is 25.8 Å². The van der Waals surface area contributed by atoms with Crippen LogP contribution in [0.2, 0.25) is 0 Å². The molecule has 2 aromatic carbocycles. The second kappa shape index (κ2) is 9.64. The zero-order chi connectivity index (χ0) is 20.1. The maximum atomic E-state index is 5.58. The summed E-state index contributed by atoms with van der Waals surface area (Å²) in [6.45, 7) is 6.10. The molecule has 156 valence electrons. The van der Waals surface area contributed by atoms with E-state index in [-0.39, 0.29) is 0 Å². The minimum absolute atomic E-state index is 0.777. The van der Waals surface area contributed by atoms with Crippen LogP contribution in [0.3, 0.4) is 0 Å². The van der Waals surface area contributed by atoms with Crippen LogP contribution in [-0.2, 0) is 6.54 Å². The maximum absolute atomic E-state index is 5.58. The van der Waals surface area contributed by atoms with Crippen molar-refractivity contribution in [1.82, 2.24) is 0 Å². The fraction of sp³-hybridized carbons (Fsp3) is 0.520. The van der Waals surface area contributed by atoms with Gasteiger partial charge in [-0.05, 0) is 55.4 Å². The molecule has 0 spiro atoms. The Morgan fingerprint density at radius 1 is 0.828 bits per heavy atom.